The van der Waals surface area contributed by atoms with Crippen LogP contribution in [0.15, 0.2) is 18.2 Å². The number of aromatic nitrogens is 2. The summed E-state index contributed by atoms with van der Waals surface area (Å²) in [5.41, 5.74) is 7.32. The van der Waals surface area contributed by atoms with Gasteiger partial charge in [0.2, 0.25) is 0 Å². The maximum absolute atomic E-state index is 10.1. The van der Waals surface area contributed by atoms with Gasteiger partial charge >= 0.3 is 0 Å². The summed E-state index contributed by atoms with van der Waals surface area (Å²) in [6.45, 7) is 3.37. The minimum absolute atomic E-state index is 0.442. The van der Waals surface area contributed by atoms with Gasteiger partial charge in [-0.15, -0.1) is 0 Å². The second-order valence-corrected chi connectivity index (χ2v) is 4.78. The van der Waals surface area contributed by atoms with E-state index in [1.165, 1.54) is 0 Å². The molecule has 4 nitrogen and oxygen atoms in total. The molecule has 1 unspecified atom stereocenters. The Bertz CT molecular complexity index is 538. The van der Waals surface area contributed by atoms with Gasteiger partial charge in [0.25, 0.3) is 0 Å². The van der Waals surface area contributed by atoms with Gasteiger partial charge in [-0.05, 0) is 37.6 Å². The summed E-state index contributed by atoms with van der Waals surface area (Å²) in [5, 5.41) is 10.8. The van der Waals surface area contributed by atoms with E-state index in [2.05, 4.69) is 11.9 Å². The van der Waals surface area contributed by atoms with E-state index in [-0.39, 0.29) is 0 Å². The number of aryl methyl sites for hydroxylation is 1. The highest BCUT2D eigenvalue weighted by molar-refractivity contribution is 6.31. The SMILES string of the molecule is CCCn1c(C(O)CCN)nc2cc(Cl)ccc21. The van der Waals surface area contributed by atoms with Crippen LogP contribution in [0.3, 0.4) is 0 Å². The fourth-order valence-electron chi connectivity index (χ4n) is 2.12. The zero-order valence-corrected chi connectivity index (χ0v) is 11.2. The van der Waals surface area contributed by atoms with Crippen molar-refractivity contribution in [2.45, 2.75) is 32.4 Å². The van der Waals surface area contributed by atoms with Crippen LogP contribution in [-0.2, 0) is 6.54 Å². The fourth-order valence-corrected chi connectivity index (χ4v) is 2.29. The Labute approximate surface area is 111 Å². The fraction of sp³-hybridized carbons (Fsp3) is 0.462. The quantitative estimate of drug-likeness (QED) is 0.875. The van der Waals surface area contributed by atoms with E-state index in [0.717, 1.165) is 24.0 Å². The van der Waals surface area contributed by atoms with Gasteiger partial charge in [0.05, 0.1) is 11.0 Å². The van der Waals surface area contributed by atoms with Gasteiger partial charge in [-0.3, -0.25) is 0 Å². The van der Waals surface area contributed by atoms with E-state index >= 15 is 0 Å². The van der Waals surface area contributed by atoms with E-state index in [1.807, 2.05) is 22.8 Å². The Hall–Kier alpha value is -1.10. The van der Waals surface area contributed by atoms with Crippen LogP contribution < -0.4 is 5.73 Å². The van der Waals surface area contributed by atoms with Crippen LogP contribution in [0.5, 0.6) is 0 Å². The zero-order valence-electron chi connectivity index (χ0n) is 10.4. The Balaban J connectivity index is 2.53. The second-order valence-electron chi connectivity index (χ2n) is 4.35. The molecule has 0 radical (unpaired) electrons. The molecule has 18 heavy (non-hydrogen) atoms. The average Bonchev–Trinajstić information content (AvgIpc) is 2.68. The van der Waals surface area contributed by atoms with Crippen LogP contribution in [0, 0.1) is 0 Å². The summed E-state index contributed by atoms with van der Waals surface area (Å²) in [6.07, 6.45) is 0.879. The topological polar surface area (TPSA) is 64.1 Å². The molecule has 0 aliphatic heterocycles. The smallest absolute Gasteiger partial charge is 0.138 e. The summed E-state index contributed by atoms with van der Waals surface area (Å²) in [6, 6.07) is 5.61. The van der Waals surface area contributed by atoms with Gasteiger partial charge in [0, 0.05) is 11.6 Å². The number of hydrogen-bond acceptors (Lipinski definition) is 3. The summed E-state index contributed by atoms with van der Waals surface area (Å²) < 4.78 is 2.05. The Morgan fingerprint density at radius 2 is 2.28 bits per heavy atom. The van der Waals surface area contributed by atoms with Gasteiger partial charge in [-0.25, -0.2) is 4.98 Å². The number of aliphatic hydroxyl groups excluding tert-OH is 1. The molecular formula is C13H18ClN3O. The average molecular weight is 268 g/mol. The first-order chi connectivity index (χ1) is 8.67. The first kappa shape index (κ1) is 13.3. The van der Waals surface area contributed by atoms with Crippen LogP contribution in [-0.4, -0.2) is 21.2 Å². The molecule has 3 N–H and O–H groups in total. The van der Waals surface area contributed by atoms with Crippen LogP contribution in [0.1, 0.15) is 31.7 Å². The number of imidazole rings is 1. The summed E-state index contributed by atoms with van der Waals surface area (Å²) in [7, 11) is 0. The maximum Gasteiger partial charge on any atom is 0.138 e. The molecule has 0 spiro atoms. The number of nitrogens with two attached hydrogens (primary N) is 1. The molecule has 0 bridgehead atoms. The number of halogens is 1. The highest BCUT2D eigenvalue weighted by Crippen LogP contribution is 2.25. The molecule has 2 aromatic rings. The molecule has 0 fully saturated rings. The largest absolute Gasteiger partial charge is 0.385 e. The summed E-state index contributed by atoms with van der Waals surface area (Å²) >= 11 is 5.97. The second kappa shape index (κ2) is 5.69. The third-order valence-electron chi connectivity index (χ3n) is 2.93. The van der Waals surface area contributed by atoms with Crippen LogP contribution in [0.25, 0.3) is 11.0 Å². The lowest BCUT2D eigenvalue weighted by atomic mass is 10.2. The molecule has 0 aliphatic carbocycles. The van der Waals surface area contributed by atoms with Crippen molar-refractivity contribution in [1.29, 1.82) is 0 Å². The lowest BCUT2D eigenvalue weighted by Gasteiger charge is -2.12. The van der Waals surface area contributed by atoms with E-state index in [0.29, 0.717) is 23.8 Å². The highest BCUT2D eigenvalue weighted by Gasteiger charge is 2.17. The van der Waals surface area contributed by atoms with Crippen LogP contribution >= 0.6 is 11.6 Å². The molecule has 1 aromatic heterocycles. The standard InChI is InChI=1S/C13H18ClN3O/c1-2-7-17-11-4-3-9(14)8-10(11)16-13(17)12(18)5-6-15/h3-4,8,12,18H,2,5-7,15H2,1H3. The first-order valence-electron chi connectivity index (χ1n) is 6.21. The molecule has 0 amide bonds. The number of benzene rings is 1. The molecule has 98 valence electrons. The third-order valence-corrected chi connectivity index (χ3v) is 3.16. The molecule has 5 heteroatoms. The van der Waals surface area contributed by atoms with Crippen molar-refractivity contribution >= 4 is 22.6 Å². The summed E-state index contributed by atoms with van der Waals surface area (Å²) in [4.78, 5) is 4.48. The van der Waals surface area contributed by atoms with E-state index < -0.39 is 6.10 Å². The molecule has 1 heterocycles. The lowest BCUT2D eigenvalue weighted by molar-refractivity contribution is 0.156. The van der Waals surface area contributed by atoms with Crippen molar-refractivity contribution in [1.82, 2.24) is 9.55 Å². The number of nitrogens with zero attached hydrogens (tertiary/aromatic N) is 2. The highest BCUT2D eigenvalue weighted by atomic mass is 35.5. The third kappa shape index (κ3) is 2.51. The first-order valence-corrected chi connectivity index (χ1v) is 6.59. The molecule has 0 saturated carbocycles. The van der Waals surface area contributed by atoms with Crippen molar-refractivity contribution in [3.05, 3.63) is 29.0 Å². The molecule has 1 aromatic carbocycles. The molecular weight excluding hydrogens is 250 g/mol. The zero-order chi connectivity index (χ0) is 13.1. The minimum Gasteiger partial charge on any atom is -0.385 e. The van der Waals surface area contributed by atoms with E-state index in [4.69, 9.17) is 17.3 Å². The predicted molar refractivity (Wildman–Crippen MR) is 73.7 cm³/mol. The number of aliphatic hydroxyl groups is 1. The molecule has 0 aliphatic rings. The van der Waals surface area contributed by atoms with E-state index in [1.54, 1.807) is 0 Å². The van der Waals surface area contributed by atoms with Crippen molar-refractivity contribution < 1.29 is 5.11 Å². The lowest BCUT2D eigenvalue weighted by Crippen LogP contribution is -2.12. The number of rotatable bonds is 5. The van der Waals surface area contributed by atoms with E-state index in [9.17, 15) is 5.11 Å². The Morgan fingerprint density at radius 3 is 2.94 bits per heavy atom. The summed E-state index contributed by atoms with van der Waals surface area (Å²) in [5.74, 6) is 0.680. The van der Waals surface area contributed by atoms with Gasteiger partial charge < -0.3 is 15.4 Å². The van der Waals surface area contributed by atoms with Crippen LogP contribution in [0.2, 0.25) is 5.02 Å². The van der Waals surface area contributed by atoms with Gasteiger partial charge in [-0.1, -0.05) is 18.5 Å². The number of fused-ring (bicyclic) bond motifs is 1. The van der Waals surface area contributed by atoms with Crippen molar-refractivity contribution in [2.75, 3.05) is 6.54 Å². The van der Waals surface area contributed by atoms with Gasteiger partial charge in [-0.2, -0.15) is 0 Å². The Kier molecular flexibility index (Phi) is 4.22. The van der Waals surface area contributed by atoms with Gasteiger partial charge in [0.1, 0.15) is 11.9 Å². The van der Waals surface area contributed by atoms with Crippen LogP contribution in [0.4, 0.5) is 0 Å². The van der Waals surface area contributed by atoms with Crippen molar-refractivity contribution in [3.8, 4) is 0 Å². The van der Waals surface area contributed by atoms with Crippen molar-refractivity contribution in [3.63, 3.8) is 0 Å². The minimum atomic E-state index is -0.618. The van der Waals surface area contributed by atoms with Crippen molar-refractivity contribution in [2.24, 2.45) is 5.73 Å². The van der Waals surface area contributed by atoms with Gasteiger partial charge in [0.15, 0.2) is 0 Å². The Morgan fingerprint density at radius 1 is 1.50 bits per heavy atom. The predicted octanol–water partition coefficient (Wildman–Crippen LogP) is 2.48. The maximum atomic E-state index is 10.1. The molecule has 1 atom stereocenters. The normalized spacial score (nSPS) is 13.1. The number of hydrogen-bond donors (Lipinski definition) is 2. The molecule has 0 saturated heterocycles. The molecule has 2 rings (SSSR count). The monoisotopic (exact) mass is 267 g/mol.